The van der Waals surface area contributed by atoms with E-state index in [1.807, 2.05) is 0 Å². The fraction of sp³-hybridized carbons (Fsp3) is 0.571. The number of hydrogen-bond acceptors (Lipinski definition) is 3. The standard InChI is InChI=1S/C14H22N4O2/c1-11-4-8-18(9-5-11)14(15)17-7-6-16-13(19)12-3-2-10-20-12/h2-3,10-11H,4-9H2,1H3,(H2,15,17)(H,16,19). The summed E-state index contributed by atoms with van der Waals surface area (Å²) in [6.45, 7) is 5.12. The van der Waals surface area contributed by atoms with Crippen LogP contribution in [0.1, 0.15) is 30.3 Å². The maximum Gasteiger partial charge on any atom is 0.287 e. The Morgan fingerprint density at radius 3 is 2.95 bits per heavy atom. The number of piperidine rings is 1. The molecule has 0 bridgehead atoms. The van der Waals surface area contributed by atoms with E-state index in [1.165, 1.54) is 6.26 Å². The van der Waals surface area contributed by atoms with Gasteiger partial charge in [0, 0.05) is 19.6 Å². The average Bonchev–Trinajstić information content (AvgIpc) is 2.98. The zero-order valence-electron chi connectivity index (χ0n) is 11.8. The molecule has 20 heavy (non-hydrogen) atoms. The molecule has 0 atom stereocenters. The highest BCUT2D eigenvalue weighted by atomic mass is 16.3. The largest absolute Gasteiger partial charge is 0.459 e. The van der Waals surface area contributed by atoms with E-state index in [4.69, 9.17) is 10.2 Å². The predicted molar refractivity (Wildman–Crippen MR) is 77.5 cm³/mol. The highest BCUT2D eigenvalue weighted by Gasteiger charge is 2.16. The van der Waals surface area contributed by atoms with Crippen LogP contribution in [-0.2, 0) is 0 Å². The Balaban J connectivity index is 1.69. The Bertz CT molecular complexity index is 448. The predicted octanol–water partition coefficient (Wildman–Crippen LogP) is 1.06. The van der Waals surface area contributed by atoms with Crippen LogP contribution in [0.2, 0.25) is 0 Å². The second kappa shape index (κ2) is 6.98. The molecule has 1 saturated heterocycles. The third-order valence-electron chi connectivity index (χ3n) is 3.52. The number of rotatable bonds is 4. The lowest BCUT2D eigenvalue weighted by molar-refractivity contribution is 0.0927. The first-order chi connectivity index (χ1) is 9.66. The first-order valence-corrected chi connectivity index (χ1v) is 7.03. The second-order valence-corrected chi connectivity index (χ2v) is 5.14. The molecule has 1 aromatic rings. The van der Waals surface area contributed by atoms with Crippen LogP contribution in [-0.4, -0.2) is 42.9 Å². The molecule has 2 rings (SSSR count). The first-order valence-electron chi connectivity index (χ1n) is 7.03. The monoisotopic (exact) mass is 278 g/mol. The number of nitrogens with one attached hydrogen (secondary N) is 1. The summed E-state index contributed by atoms with van der Waals surface area (Å²) in [6.07, 6.45) is 3.79. The molecule has 0 unspecified atom stereocenters. The second-order valence-electron chi connectivity index (χ2n) is 5.14. The van der Waals surface area contributed by atoms with Gasteiger partial charge in [0.05, 0.1) is 12.8 Å². The molecule has 1 aliphatic heterocycles. The molecule has 0 aromatic carbocycles. The number of nitrogens with two attached hydrogens (primary N) is 1. The molecule has 1 aromatic heterocycles. The van der Waals surface area contributed by atoms with Crippen molar-refractivity contribution in [2.24, 2.45) is 16.6 Å². The van der Waals surface area contributed by atoms with Crippen LogP contribution in [0.3, 0.4) is 0 Å². The van der Waals surface area contributed by atoms with Gasteiger partial charge in [-0.2, -0.15) is 0 Å². The van der Waals surface area contributed by atoms with Gasteiger partial charge in [-0.15, -0.1) is 0 Å². The molecule has 1 aliphatic rings. The third-order valence-corrected chi connectivity index (χ3v) is 3.52. The smallest absolute Gasteiger partial charge is 0.287 e. The highest BCUT2D eigenvalue weighted by Crippen LogP contribution is 2.15. The minimum absolute atomic E-state index is 0.226. The van der Waals surface area contributed by atoms with Gasteiger partial charge >= 0.3 is 0 Å². The van der Waals surface area contributed by atoms with Crippen molar-refractivity contribution in [3.63, 3.8) is 0 Å². The van der Waals surface area contributed by atoms with Crippen molar-refractivity contribution < 1.29 is 9.21 Å². The summed E-state index contributed by atoms with van der Waals surface area (Å²) in [7, 11) is 0. The molecule has 1 amide bonds. The number of hydrogen-bond donors (Lipinski definition) is 2. The van der Waals surface area contributed by atoms with Gasteiger partial charge in [-0.3, -0.25) is 9.79 Å². The summed E-state index contributed by atoms with van der Waals surface area (Å²) < 4.78 is 5.00. The maximum atomic E-state index is 11.6. The fourth-order valence-electron chi connectivity index (χ4n) is 2.17. The molecular weight excluding hydrogens is 256 g/mol. The minimum Gasteiger partial charge on any atom is -0.459 e. The minimum atomic E-state index is -0.226. The lowest BCUT2D eigenvalue weighted by Gasteiger charge is -2.31. The van der Waals surface area contributed by atoms with Crippen LogP contribution in [0.4, 0.5) is 0 Å². The molecule has 6 nitrogen and oxygen atoms in total. The van der Waals surface area contributed by atoms with E-state index >= 15 is 0 Å². The number of carbonyl (C=O) groups excluding carboxylic acids is 1. The normalized spacial score (nSPS) is 17.2. The topological polar surface area (TPSA) is 83.9 Å². The highest BCUT2D eigenvalue weighted by molar-refractivity contribution is 5.91. The van der Waals surface area contributed by atoms with Crippen LogP contribution < -0.4 is 11.1 Å². The van der Waals surface area contributed by atoms with Crippen molar-refractivity contribution >= 4 is 11.9 Å². The fourth-order valence-corrected chi connectivity index (χ4v) is 2.17. The average molecular weight is 278 g/mol. The SMILES string of the molecule is CC1CCN(C(N)=NCCNC(=O)c2ccco2)CC1. The van der Waals surface area contributed by atoms with Crippen LogP contribution >= 0.6 is 0 Å². The van der Waals surface area contributed by atoms with Gasteiger partial charge in [-0.25, -0.2) is 0 Å². The lowest BCUT2D eigenvalue weighted by atomic mass is 10.00. The van der Waals surface area contributed by atoms with Crippen molar-refractivity contribution in [2.45, 2.75) is 19.8 Å². The molecule has 6 heteroatoms. The molecule has 3 N–H and O–H groups in total. The Hall–Kier alpha value is -1.98. The van der Waals surface area contributed by atoms with E-state index in [1.54, 1.807) is 12.1 Å². The van der Waals surface area contributed by atoms with Crippen molar-refractivity contribution in [2.75, 3.05) is 26.2 Å². The summed E-state index contributed by atoms with van der Waals surface area (Å²) in [6, 6.07) is 3.31. The quantitative estimate of drug-likeness (QED) is 0.490. The van der Waals surface area contributed by atoms with Crippen molar-refractivity contribution in [3.05, 3.63) is 24.2 Å². The summed E-state index contributed by atoms with van der Waals surface area (Å²) in [5, 5.41) is 2.74. The van der Waals surface area contributed by atoms with Crippen molar-refractivity contribution in [1.29, 1.82) is 0 Å². The van der Waals surface area contributed by atoms with Crippen LogP contribution in [0.25, 0.3) is 0 Å². The Morgan fingerprint density at radius 2 is 2.30 bits per heavy atom. The van der Waals surface area contributed by atoms with Gasteiger partial charge in [0.1, 0.15) is 0 Å². The molecule has 0 radical (unpaired) electrons. The van der Waals surface area contributed by atoms with Gasteiger partial charge in [0.15, 0.2) is 11.7 Å². The molecule has 0 spiro atoms. The number of nitrogens with zero attached hydrogens (tertiary/aromatic N) is 2. The van der Waals surface area contributed by atoms with E-state index in [2.05, 4.69) is 22.1 Å². The zero-order chi connectivity index (χ0) is 14.4. The van der Waals surface area contributed by atoms with E-state index < -0.39 is 0 Å². The summed E-state index contributed by atoms with van der Waals surface area (Å²) in [5.74, 6) is 1.43. The Kier molecular flexibility index (Phi) is 5.03. The maximum absolute atomic E-state index is 11.6. The van der Waals surface area contributed by atoms with Crippen molar-refractivity contribution in [1.82, 2.24) is 10.2 Å². The molecule has 110 valence electrons. The lowest BCUT2D eigenvalue weighted by Crippen LogP contribution is -2.42. The summed E-state index contributed by atoms with van der Waals surface area (Å²) >= 11 is 0. The van der Waals surface area contributed by atoms with Gasteiger partial charge < -0.3 is 20.4 Å². The Labute approximate surface area is 119 Å². The van der Waals surface area contributed by atoms with E-state index in [0.29, 0.717) is 24.8 Å². The molecule has 2 heterocycles. The van der Waals surface area contributed by atoms with E-state index in [0.717, 1.165) is 31.8 Å². The van der Waals surface area contributed by atoms with Crippen molar-refractivity contribution in [3.8, 4) is 0 Å². The number of carbonyl (C=O) groups is 1. The van der Waals surface area contributed by atoms with Gasteiger partial charge in [0.2, 0.25) is 0 Å². The number of guanidine groups is 1. The molecule has 0 saturated carbocycles. The van der Waals surface area contributed by atoms with E-state index in [9.17, 15) is 4.79 Å². The Morgan fingerprint density at radius 1 is 1.55 bits per heavy atom. The molecule has 1 fully saturated rings. The molecule has 0 aliphatic carbocycles. The van der Waals surface area contributed by atoms with Gasteiger partial charge in [-0.1, -0.05) is 6.92 Å². The number of likely N-dealkylation sites (tertiary alicyclic amines) is 1. The number of furan rings is 1. The van der Waals surface area contributed by atoms with E-state index in [-0.39, 0.29) is 5.91 Å². The zero-order valence-corrected chi connectivity index (χ0v) is 11.8. The van der Waals surface area contributed by atoms with Crippen LogP contribution in [0.5, 0.6) is 0 Å². The summed E-state index contributed by atoms with van der Waals surface area (Å²) in [5.41, 5.74) is 5.95. The number of amides is 1. The van der Waals surface area contributed by atoms with Crippen LogP contribution in [0.15, 0.2) is 27.8 Å². The summed E-state index contributed by atoms with van der Waals surface area (Å²) in [4.78, 5) is 18.0. The third kappa shape index (κ3) is 4.01. The van der Waals surface area contributed by atoms with Gasteiger partial charge in [0.25, 0.3) is 5.91 Å². The molecular formula is C14H22N4O2. The van der Waals surface area contributed by atoms with Gasteiger partial charge in [-0.05, 0) is 30.9 Å². The van der Waals surface area contributed by atoms with Crippen LogP contribution in [0, 0.1) is 5.92 Å². The first kappa shape index (κ1) is 14.4. The number of aliphatic imine (C=N–C) groups is 1.